The van der Waals surface area contributed by atoms with Gasteiger partial charge in [-0.05, 0) is 55.7 Å². The second-order valence-corrected chi connectivity index (χ2v) is 9.58. The molecule has 35 heavy (non-hydrogen) atoms. The lowest BCUT2D eigenvalue weighted by Crippen LogP contribution is -2.32. The van der Waals surface area contributed by atoms with E-state index < -0.39 is 0 Å². The Balaban J connectivity index is 1.47. The molecule has 2 aromatic heterocycles. The molecule has 1 aliphatic rings. The minimum atomic E-state index is -0.334. The number of hydrogen-bond donors (Lipinski definition) is 0. The quantitative estimate of drug-likeness (QED) is 0.245. The lowest BCUT2D eigenvalue weighted by atomic mass is 10.0. The summed E-state index contributed by atoms with van der Waals surface area (Å²) in [5.74, 6) is 0.606. The zero-order valence-electron chi connectivity index (χ0n) is 19.9. The summed E-state index contributed by atoms with van der Waals surface area (Å²) in [5.41, 5.74) is 5.56. The number of anilines is 1. The molecule has 6 heteroatoms. The molecule has 0 unspecified atom stereocenters. The molecule has 0 saturated carbocycles. The predicted molar refractivity (Wildman–Crippen MR) is 143 cm³/mol. The first kappa shape index (κ1) is 22.1. The van der Waals surface area contributed by atoms with E-state index in [1.807, 2.05) is 6.07 Å². The highest BCUT2D eigenvalue weighted by atomic mass is 35.5. The molecule has 0 spiro atoms. The van der Waals surface area contributed by atoms with Crippen LogP contribution in [0.1, 0.15) is 37.8 Å². The molecular weight excluding hydrogens is 460 g/mol. The van der Waals surface area contributed by atoms with Gasteiger partial charge in [-0.3, -0.25) is 0 Å². The van der Waals surface area contributed by atoms with E-state index in [1.54, 1.807) is 6.07 Å². The molecule has 3 aromatic carbocycles. The van der Waals surface area contributed by atoms with Gasteiger partial charge in [0.05, 0.1) is 17.1 Å². The molecule has 3 heterocycles. The van der Waals surface area contributed by atoms with Crippen molar-refractivity contribution in [2.75, 3.05) is 11.6 Å². The Morgan fingerprint density at radius 2 is 1.80 bits per heavy atom. The normalized spacial score (nSPS) is 13.5. The van der Waals surface area contributed by atoms with Crippen LogP contribution >= 0.6 is 11.6 Å². The van der Waals surface area contributed by atoms with Crippen molar-refractivity contribution in [3.8, 4) is 5.75 Å². The minimum Gasteiger partial charge on any atom is -0.471 e. The van der Waals surface area contributed by atoms with Crippen LogP contribution in [0.3, 0.4) is 0 Å². The summed E-state index contributed by atoms with van der Waals surface area (Å²) >= 11 is 6.66. The van der Waals surface area contributed by atoms with E-state index in [2.05, 4.69) is 65.8 Å². The van der Waals surface area contributed by atoms with Gasteiger partial charge in [-0.25, -0.2) is 4.79 Å². The van der Waals surface area contributed by atoms with Crippen LogP contribution in [-0.4, -0.2) is 11.3 Å². The van der Waals surface area contributed by atoms with Crippen LogP contribution in [0, 0.1) is 0 Å². The minimum absolute atomic E-state index is 0.334. The molecular formula is C29H27ClN2O3. The molecule has 5 aromatic rings. The zero-order chi connectivity index (χ0) is 24.1. The molecule has 0 amide bonds. The van der Waals surface area contributed by atoms with Gasteiger partial charge in [-0.2, -0.15) is 0 Å². The number of halogens is 1. The van der Waals surface area contributed by atoms with Crippen molar-refractivity contribution < 1.29 is 9.15 Å². The van der Waals surface area contributed by atoms with Gasteiger partial charge in [0, 0.05) is 45.5 Å². The molecule has 5 nitrogen and oxygen atoms in total. The van der Waals surface area contributed by atoms with Gasteiger partial charge in [0.25, 0.3) is 0 Å². The number of unbranched alkanes of at least 4 members (excludes halogenated alkanes) is 1. The molecule has 0 fully saturated rings. The summed E-state index contributed by atoms with van der Waals surface area (Å²) in [7, 11) is 0. The van der Waals surface area contributed by atoms with Crippen molar-refractivity contribution in [3.05, 3.63) is 81.2 Å². The topological polar surface area (TPSA) is 47.6 Å². The second-order valence-electron chi connectivity index (χ2n) is 9.17. The number of benzene rings is 3. The van der Waals surface area contributed by atoms with Gasteiger partial charge >= 0.3 is 5.63 Å². The lowest BCUT2D eigenvalue weighted by Gasteiger charge is -2.31. The van der Waals surface area contributed by atoms with Gasteiger partial charge in [0.2, 0.25) is 0 Å². The average molecular weight is 487 g/mol. The first-order valence-electron chi connectivity index (χ1n) is 12.3. The van der Waals surface area contributed by atoms with Crippen molar-refractivity contribution in [1.29, 1.82) is 0 Å². The van der Waals surface area contributed by atoms with Crippen LogP contribution < -0.4 is 15.3 Å². The Morgan fingerprint density at radius 1 is 0.971 bits per heavy atom. The Morgan fingerprint density at radius 3 is 2.63 bits per heavy atom. The number of hydrogen-bond acceptors (Lipinski definition) is 4. The van der Waals surface area contributed by atoms with Crippen molar-refractivity contribution in [2.24, 2.45) is 0 Å². The number of nitrogens with zero attached hydrogens (tertiary/aromatic N) is 2. The van der Waals surface area contributed by atoms with E-state index >= 15 is 0 Å². The van der Waals surface area contributed by atoms with Crippen molar-refractivity contribution in [2.45, 2.75) is 46.2 Å². The molecule has 0 bridgehead atoms. The summed E-state index contributed by atoms with van der Waals surface area (Å²) in [6.07, 6.45) is 2.87. The van der Waals surface area contributed by atoms with E-state index in [0.717, 1.165) is 48.0 Å². The van der Waals surface area contributed by atoms with Crippen molar-refractivity contribution >= 4 is 50.1 Å². The molecule has 0 saturated heterocycles. The highest BCUT2D eigenvalue weighted by Crippen LogP contribution is 2.41. The van der Waals surface area contributed by atoms with E-state index in [-0.39, 0.29) is 5.63 Å². The molecule has 178 valence electrons. The molecule has 0 aliphatic carbocycles. The van der Waals surface area contributed by atoms with Crippen LogP contribution in [0.4, 0.5) is 5.69 Å². The number of rotatable bonds is 5. The SMILES string of the molecule is CCCCc1cc(=O)oc2c3c(c(Cl)cc12)OCN(c1ccc2c(c1)c1ccccc1n2CC)C3. The molecule has 0 radical (unpaired) electrons. The standard InChI is InChI=1S/C29H27ClN2O3/c1-3-5-8-18-13-27(33)35-28-21(18)15-24(30)29-23(28)16-31(17-34-29)19-11-12-26-22(14-19)20-9-6-7-10-25(20)32(26)4-2/h6-7,9-15H,3-5,8,16-17H2,1-2H3. The second kappa shape index (κ2) is 8.65. The number of ether oxygens (including phenoxy) is 1. The predicted octanol–water partition coefficient (Wildman–Crippen LogP) is 7.27. The first-order valence-corrected chi connectivity index (χ1v) is 12.6. The number of fused-ring (bicyclic) bond motifs is 6. The Labute approximate surface area is 208 Å². The Bertz CT molecular complexity index is 1650. The van der Waals surface area contributed by atoms with Gasteiger partial charge in [-0.15, -0.1) is 0 Å². The number of para-hydroxylation sites is 1. The van der Waals surface area contributed by atoms with Gasteiger partial charge in [-0.1, -0.05) is 43.1 Å². The third-order valence-corrected chi connectivity index (χ3v) is 7.35. The largest absolute Gasteiger partial charge is 0.471 e. The summed E-state index contributed by atoms with van der Waals surface area (Å²) in [6.45, 7) is 6.14. The third kappa shape index (κ3) is 3.57. The van der Waals surface area contributed by atoms with Gasteiger partial charge in [0.1, 0.15) is 11.3 Å². The van der Waals surface area contributed by atoms with Crippen molar-refractivity contribution in [1.82, 2.24) is 4.57 Å². The lowest BCUT2D eigenvalue weighted by molar-refractivity contribution is 0.289. The maximum absolute atomic E-state index is 12.4. The van der Waals surface area contributed by atoms with Crippen LogP contribution in [0.15, 0.2) is 63.8 Å². The van der Waals surface area contributed by atoms with E-state index in [9.17, 15) is 4.79 Å². The summed E-state index contributed by atoms with van der Waals surface area (Å²) in [4.78, 5) is 14.6. The van der Waals surface area contributed by atoms with Crippen LogP contribution in [0.5, 0.6) is 5.75 Å². The Kier molecular flexibility index (Phi) is 5.45. The number of aryl methyl sites for hydroxylation is 2. The fourth-order valence-electron chi connectivity index (χ4n) is 5.37. The average Bonchev–Trinajstić information content (AvgIpc) is 3.20. The van der Waals surface area contributed by atoms with Gasteiger partial charge < -0.3 is 18.6 Å². The maximum Gasteiger partial charge on any atom is 0.336 e. The fourth-order valence-corrected chi connectivity index (χ4v) is 5.65. The fraction of sp³-hybridized carbons (Fsp3) is 0.276. The number of aromatic nitrogens is 1. The highest BCUT2D eigenvalue weighted by molar-refractivity contribution is 6.33. The van der Waals surface area contributed by atoms with Crippen LogP contribution in [-0.2, 0) is 19.5 Å². The van der Waals surface area contributed by atoms with E-state index in [4.69, 9.17) is 20.8 Å². The third-order valence-electron chi connectivity index (χ3n) is 7.07. The summed E-state index contributed by atoms with van der Waals surface area (Å²) in [5, 5.41) is 3.91. The summed E-state index contributed by atoms with van der Waals surface area (Å²) in [6, 6.07) is 18.5. The molecule has 0 N–H and O–H groups in total. The molecule has 6 rings (SSSR count). The van der Waals surface area contributed by atoms with Crippen LogP contribution in [0.2, 0.25) is 5.02 Å². The zero-order valence-corrected chi connectivity index (χ0v) is 20.7. The van der Waals surface area contributed by atoms with E-state index in [0.29, 0.717) is 29.6 Å². The maximum atomic E-state index is 12.4. The van der Waals surface area contributed by atoms with Gasteiger partial charge in [0.15, 0.2) is 6.73 Å². The monoisotopic (exact) mass is 486 g/mol. The van der Waals surface area contributed by atoms with E-state index in [1.165, 1.54) is 21.8 Å². The Hall–Kier alpha value is -3.44. The highest BCUT2D eigenvalue weighted by Gasteiger charge is 2.26. The van der Waals surface area contributed by atoms with Crippen molar-refractivity contribution in [3.63, 3.8) is 0 Å². The molecule has 1 aliphatic heterocycles. The smallest absolute Gasteiger partial charge is 0.336 e. The molecule has 0 atom stereocenters. The first-order chi connectivity index (χ1) is 17.1. The van der Waals surface area contributed by atoms with Crippen LogP contribution in [0.25, 0.3) is 32.8 Å². The summed E-state index contributed by atoms with van der Waals surface area (Å²) < 4.78 is 14.2.